The Hall–Kier alpha value is -1.27. The SMILES string of the molecule is Cc1c(Cl)ncnc1NCc1csnn1. The van der Waals surface area contributed by atoms with Gasteiger partial charge >= 0.3 is 0 Å². The number of nitrogens with zero attached hydrogens (tertiary/aromatic N) is 4. The molecular formula is C8H8ClN5S. The van der Waals surface area contributed by atoms with Crippen LogP contribution in [-0.4, -0.2) is 19.6 Å². The largest absolute Gasteiger partial charge is 0.364 e. The standard InChI is InChI=1S/C8H8ClN5S/c1-5-7(9)11-4-12-8(5)10-2-6-3-15-14-13-6/h3-4H,2H2,1H3,(H,10,11,12). The predicted molar refractivity (Wildman–Crippen MR) is 59.0 cm³/mol. The number of rotatable bonds is 3. The van der Waals surface area contributed by atoms with E-state index in [0.29, 0.717) is 11.7 Å². The molecule has 0 aliphatic carbocycles. The lowest BCUT2D eigenvalue weighted by molar-refractivity contribution is 0.979. The molecule has 0 saturated carbocycles. The zero-order valence-corrected chi connectivity index (χ0v) is 9.51. The van der Waals surface area contributed by atoms with Gasteiger partial charge in [-0.3, -0.25) is 0 Å². The Balaban J connectivity index is 2.08. The quantitative estimate of drug-likeness (QED) is 0.832. The van der Waals surface area contributed by atoms with E-state index in [9.17, 15) is 0 Å². The monoisotopic (exact) mass is 241 g/mol. The van der Waals surface area contributed by atoms with E-state index in [-0.39, 0.29) is 0 Å². The second-order valence-corrected chi connectivity index (χ2v) is 3.86. The molecule has 0 aliphatic rings. The van der Waals surface area contributed by atoms with Gasteiger partial charge < -0.3 is 5.32 Å². The first-order valence-corrected chi connectivity index (χ1v) is 5.45. The van der Waals surface area contributed by atoms with Crippen molar-refractivity contribution in [3.05, 3.63) is 28.1 Å². The van der Waals surface area contributed by atoms with Crippen LogP contribution in [0.5, 0.6) is 0 Å². The highest BCUT2D eigenvalue weighted by Crippen LogP contribution is 2.18. The summed E-state index contributed by atoms with van der Waals surface area (Å²) in [5.41, 5.74) is 1.72. The number of hydrogen-bond acceptors (Lipinski definition) is 6. The van der Waals surface area contributed by atoms with E-state index in [1.807, 2.05) is 12.3 Å². The van der Waals surface area contributed by atoms with E-state index in [1.165, 1.54) is 17.9 Å². The summed E-state index contributed by atoms with van der Waals surface area (Å²) in [5.74, 6) is 0.725. The number of halogens is 1. The normalized spacial score (nSPS) is 10.3. The van der Waals surface area contributed by atoms with Gasteiger partial charge in [0, 0.05) is 10.9 Å². The molecule has 0 fully saturated rings. The van der Waals surface area contributed by atoms with E-state index in [1.54, 1.807) is 0 Å². The molecule has 0 aliphatic heterocycles. The van der Waals surface area contributed by atoms with Crippen molar-refractivity contribution >= 4 is 29.0 Å². The first-order valence-electron chi connectivity index (χ1n) is 4.24. The lowest BCUT2D eigenvalue weighted by atomic mass is 10.3. The van der Waals surface area contributed by atoms with Crippen LogP contribution in [0.3, 0.4) is 0 Å². The van der Waals surface area contributed by atoms with Gasteiger partial charge in [-0.25, -0.2) is 9.97 Å². The van der Waals surface area contributed by atoms with Crippen LogP contribution in [0.15, 0.2) is 11.7 Å². The summed E-state index contributed by atoms with van der Waals surface area (Å²) in [6.07, 6.45) is 1.43. The van der Waals surface area contributed by atoms with Gasteiger partial charge in [-0.2, -0.15) is 0 Å². The van der Waals surface area contributed by atoms with Gasteiger partial charge in [0.05, 0.1) is 12.2 Å². The molecule has 78 valence electrons. The maximum Gasteiger partial charge on any atom is 0.137 e. The molecule has 2 heterocycles. The minimum absolute atomic E-state index is 0.462. The highest BCUT2D eigenvalue weighted by Gasteiger charge is 2.04. The van der Waals surface area contributed by atoms with Crippen LogP contribution in [0.1, 0.15) is 11.3 Å². The molecule has 0 spiro atoms. The minimum Gasteiger partial charge on any atom is -0.364 e. The Labute approximate surface area is 95.7 Å². The van der Waals surface area contributed by atoms with E-state index in [2.05, 4.69) is 24.9 Å². The Bertz CT molecular complexity index is 444. The first-order chi connectivity index (χ1) is 7.27. The fourth-order valence-corrected chi connectivity index (χ4v) is 1.63. The average molecular weight is 242 g/mol. The molecule has 2 aromatic rings. The lowest BCUT2D eigenvalue weighted by Gasteiger charge is -2.06. The Morgan fingerprint density at radius 1 is 1.47 bits per heavy atom. The topological polar surface area (TPSA) is 63.6 Å². The third-order valence-electron chi connectivity index (χ3n) is 1.86. The molecule has 0 amide bonds. The second-order valence-electron chi connectivity index (χ2n) is 2.89. The Morgan fingerprint density at radius 2 is 2.33 bits per heavy atom. The maximum atomic E-state index is 5.86. The minimum atomic E-state index is 0.462. The van der Waals surface area contributed by atoms with E-state index in [4.69, 9.17) is 11.6 Å². The summed E-state index contributed by atoms with van der Waals surface area (Å²) in [6.45, 7) is 2.45. The van der Waals surface area contributed by atoms with Gasteiger partial charge in [-0.05, 0) is 18.5 Å². The molecule has 2 rings (SSSR count). The van der Waals surface area contributed by atoms with E-state index < -0.39 is 0 Å². The van der Waals surface area contributed by atoms with Crippen molar-refractivity contribution in [1.82, 2.24) is 19.6 Å². The van der Waals surface area contributed by atoms with Crippen LogP contribution in [0.2, 0.25) is 5.15 Å². The summed E-state index contributed by atoms with van der Waals surface area (Å²) < 4.78 is 3.77. The number of hydrogen-bond donors (Lipinski definition) is 1. The molecule has 0 aromatic carbocycles. The molecule has 7 heteroatoms. The summed E-state index contributed by atoms with van der Waals surface area (Å²) in [4.78, 5) is 7.96. The fraction of sp³-hybridized carbons (Fsp3) is 0.250. The van der Waals surface area contributed by atoms with Crippen LogP contribution < -0.4 is 5.32 Å². The second kappa shape index (κ2) is 4.50. The number of anilines is 1. The van der Waals surface area contributed by atoms with Crippen LogP contribution in [0.4, 0.5) is 5.82 Å². The zero-order valence-electron chi connectivity index (χ0n) is 7.94. The molecule has 0 radical (unpaired) electrons. The molecule has 2 aromatic heterocycles. The summed E-state index contributed by atoms with van der Waals surface area (Å²) >= 11 is 7.18. The summed E-state index contributed by atoms with van der Waals surface area (Å²) in [5, 5.41) is 9.38. The lowest BCUT2D eigenvalue weighted by Crippen LogP contribution is -2.04. The average Bonchev–Trinajstić information content (AvgIpc) is 2.73. The van der Waals surface area contributed by atoms with Gasteiger partial charge in [0.15, 0.2) is 0 Å². The molecule has 15 heavy (non-hydrogen) atoms. The van der Waals surface area contributed by atoms with Gasteiger partial charge in [0.2, 0.25) is 0 Å². The van der Waals surface area contributed by atoms with Crippen molar-refractivity contribution in [2.24, 2.45) is 0 Å². The van der Waals surface area contributed by atoms with Crippen LogP contribution in [0, 0.1) is 6.92 Å². The highest BCUT2D eigenvalue weighted by atomic mass is 35.5. The van der Waals surface area contributed by atoms with Crippen molar-refractivity contribution in [3.8, 4) is 0 Å². The van der Waals surface area contributed by atoms with Crippen LogP contribution >= 0.6 is 23.1 Å². The van der Waals surface area contributed by atoms with Crippen LogP contribution in [0.25, 0.3) is 0 Å². The van der Waals surface area contributed by atoms with Gasteiger partial charge in [0.25, 0.3) is 0 Å². The van der Waals surface area contributed by atoms with Crippen molar-refractivity contribution in [2.75, 3.05) is 5.32 Å². The number of nitrogens with one attached hydrogen (secondary N) is 1. The Morgan fingerprint density at radius 3 is 3.07 bits per heavy atom. The van der Waals surface area contributed by atoms with Crippen molar-refractivity contribution in [1.29, 1.82) is 0 Å². The van der Waals surface area contributed by atoms with Crippen molar-refractivity contribution in [2.45, 2.75) is 13.5 Å². The van der Waals surface area contributed by atoms with Gasteiger partial charge in [0.1, 0.15) is 17.3 Å². The zero-order chi connectivity index (χ0) is 10.7. The first kappa shape index (κ1) is 10.3. The maximum absolute atomic E-state index is 5.86. The molecule has 0 bridgehead atoms. The molecule has 1 N–H and O–H groups in total. The fourth-order valence-electron chi connectivity index (χ4n) is 1.04. The van der Waals surface area contributed by atoms with Crippen LogP contribution in [-0.2, 0) is 6.54 Å². The molecule has 5 nitrogen and oxygen atoms in total. The highest BCUT2D eigenvalue weighted by molar-refractivity contribution is 7.03. The molecule has 0 saturated heterocycles. The van der Waals surface area contributed by atoms with Crippen molar-refractivity contribution < 1.29 is 0 Å². The Kier molecular flexibility index (Phi) is 3.08. The van der Waals surface area contributed by atoms with Gasteiger partial charge in [-0.15, -0.1) is 5.10 Å². The summed E-state index contributed by atoms with van der Waals surface area (Å²) in [7, 11) is 0. The van der Waals surface area contributed by atoms with E-state index in [0.717, 1.165) is 17.1 Å². The third-order valence-corrected chi connectivity index (χ3v) is 2.80. The number of aromatic nitrogens is 4. The van der Waals surface area contributed by atoms with E-state index >= 15 is 0 Å². The van der Waals surface area contributed by atoms with Crippen molar-refractivity contribution in [3.63, 3.8) is 0 Å². The summed E-state index contributed by atoms with van der Waals surface area (Å²) in [6, 6.07) is 0. The predicted octanol–water partition coefficient (Wildman–Crippen LogP) is 1.90. The molecule has 0 unspecified atom stereocenters. The molecule has 0 atom stereocenters. The smallest absolute Gasteiger partial charge is 0.137 e. The molecular weight excluding hydrogens is 234 g/mol. The van der Waals surface area contributed by atoms with Gasteiger partial charge in [-0.1, -0.05) is 16.1 Å². The third kappa shape index (κ3) is 2.40.